The molecule has 2 aromatic heterocycles. The number of aromatic nitrogens is 3. The Morgan fingerprint density at radius 2 is 2.11 bits per heavy atom. The molecule has 0 atom stereocenters. The molecule has 1 aromatic carbocycles. The molecule has 1 amide bonds. The summed E-state index contributed by atoms with van der Waals surface area (Å²) < 4.78 is 7.01. The van der Waals surface area contributed by atoms with Crippen LogP contribution >= 0.6 is 34.7 Å². The first kappa shape index (κ1) is 19.5. The number of nitrogens with zero attached hydrogens (tertiary/aromatic N) is 4. The number of nitrogens with two attached hydrogens (primary N) is 1. The molecule has 3 rings (SSSR count). The number of nitrogen functional groups attached to an aromatic ring is 1. The van der Waals surface area contributed by atoms with Crippen LogP contribution in [0.15, 0.2) is 46.9 Å². The molecule has 142 valence electrons. The van der Waals surface area contributed by atoms with Gasteiger partial charge in [-0.1, -0.05) is 29.4 Å². The number of amides is 1. The Labute approximate surface area is 170 Å². The molecule has 10 heteroatoms. The van der Waals surface area contributed by atoms with Crippen LogP contribution in [0.3, 0.4) is 0 Å². The molecule has 0 aliphatic rings. The van der Waals surface area contributed by atoms with Crippen molar-refractivity contribution in [3.63, 3.8) is 0 Å². The number of thioether (sulfide) groups is 1. The largest absolute Gasteiger partial charge is 0.492 e. The number of benzene rings is 1. The van der Waals surface area contributed by atoms with Crippen LogP contribution in [0, 0.1) is 0 Å². The van der Waals surface area contributed by atoms with E-state index in [-0.39, 0.29) is 11.7 Å². The average molecular weight is 424 g/mol. The van der Waals surface area contributed by atoms with Gasteiger partial charge in [-0.25, -0.2) is 4.68 Å². The molecule has 0 bridgehead atoms. The molecule has 0 aliphatic heterocycles. The Bertz CT molecular complexity index is 883. The number of ether oxygens (including phenoxy) is 1. The molecular formula is C17H18ClN5O2S2. The van der Waals surface area contributed by atoms with Crippen molar-refractivity contribution < 1.29 is 9.53 Å². The van der Waals surface area contributed by atoms with Gasteiger partial charge in [0, 0.05) is 12.1 Å². The molecule has 0 spiro atoms. The van der Waals surface area contributed by atoms with Gasteiger partial charge in [0.25, 0.3) is 0 Å². The van der Waals surface area contributed by atoms with Crippen molar-refractivity contribution in [3.05, 3.63) is 46.8 Å². The van der Waals surface area contributed by atoms with Gasteiger partial charge < -0.3 is 15.5 Å². The highest BCUT2D eigenvalue weighted by atomic mass is 35.5. The summed E-state index contributed by atoms with van der Waals surface area (Å²) in [4.78, 5) is 14.8. The summed E-state index contributed by atoms with van der Waals surface area (Å²) >= 11 is 8.62. The van der Waals surface area contributed by atoms with Gasteiger partial charge in [0.2, 0.25) is 11.1 Å². The predicted molar refractivity (Wildman–Crippen MR) is 109 cm³/mol. The van der Waals surface area contributed by atoms with E-state index in [9.17, 15) is 4.79 Å². The van der Waals surface area contributed by atoms with Crippen LogP contribution in [0.4, 0.5) is 0 Å². The van der Waals surface area contributed by atoms with Gasteiger partial charge >= 0.3 is 0 Å². The average Bonchev–Trinajstić information content (AvgIpc) is 3.31. The van der Waals surface area contributed by atoms with E-state index in [1.807, 2.05) is 17.5 Å². The fraction of sp³-hybridized carbons (Fsp3) is 0.235. The number of carbonyl (C=O) groups is 1. The van der Waals surface area contributed by atoms with Gasteiger partial charge in [-0.2, -0.15) is 0 Å². The lowest BCUT2D eigenvalue weighted by Crippen LogP contribution is -2.32. The molecular weight excluding hydrogens is 406 g/mol. The van der Waals surface area contributed by atoms with E-state index >= 15 is 0 Å². The third-order valence-electron chi connectivity index (χ3n) is 3.67. The van der Waals surface area contributed by atoms with Gasteiger partial charge in [0.05, 0.1) is 17.2 Å². The summed E-state index contributed by atoms with van der Waals surface area (Å²) in [6.07, 6.45) is 0. The number of rotatable bonds is 8. The van der Waals surface area contributed by atoms with Crippen molar-refractivity contribution in [2.24, 2.45) is 0 Å². The SMILES string of the molecule is CN(CCOc1ccc(Cl)cc1)C(=O)CSc1nnc(-c2cccs2)n1N. The zero-order chi connectivity index (χ0) is 19.2. The summed E-state index contributed by atoms with van der Waals surface area (Å²) in [6, 6.07) is 10.9. The maximum atomic E-state index is 12.3. The fourth-order valence-electron chi connectivity index (χ4n) is 2.14. The van der Waals surface area contributed by atoms with Gasteiger partial charge in [0.15, 0.2) is 5.82 Å². The van der Waals surface area contributed by atoms with E-state index in [1.54, 1.807) is 36.2 Å². The Morgan fingerprint density at radius 1 is 1.33 bits per heavy atom. The van der Waals surface area contributed by atoms with Gasteiger partial charge in [-0.05, 0) is 35.7 Å². The van der Waals surface area contributed by atoms with Crippen molar-refractivity contribution in [3.8, 4) is 16.5 Å². The molecule has 3 aromatic rings. The lowest BCUT2D eigenvalue weighted by atomic mass is 10.3. The molecule has 0 aliphatic carbocycles. The lowest BCUT2D eigenvalue weighted by Gasteiger charge is -2.17. The van der Waals surface area contributed by atoms with Crippen LogP contribution in [0.5, 0.6) is 5.75 Å². The van der Waals surface area contributed by atoms with Gasteiger partial charge in [-0.15, -0.1) is 21.5 Å². The third-order valence-corrected chi connectivity index (χ3v) is 5.71. The predicted octanol–water partition coefficient (Wildman–Crippen LogP) is 3.00. The maximum absolute atomic E-state index is 12.3. The highest BCUT2D eigenvalue weighted by Gasteiger charge is 2.16. The number of likely N-dealkylation sites (N-methyl/N-ethyl adjacent to an activating group) is 1. The van der Waals surface area contributed by atoms with Crippen molar-refractivity contribution in [1.82, 2.24) is 19.8 Å². The summed E-state index contributed by atoms with van der Waals surface area (Å²) in [6.45, 7) is 0.863. The molecule has 2 heterocycles. The number of thiophene rings is 1. The van der Waals surface area contributed by atoms with Crippen LogP contribution in [-0.2, 0) is 4.79 Å². The Kier molecular flexibility index (Phi) is 6.59. The van der Waals surface area contributed by atoms with E-state index in [1.165, 1.54) is 27.8 Å². The van der Waals surface area contributed by atoms with Gasteiger partial charge in [0.1, 0.15) is 12.4 Å². The molecule has 27 heavy (non-hydrogen) atoms. The number of hydrogen-bond donors (Lipinski definition) is 1. The Morgan fingerprint density at radius 3 is 2.81 bits per heavy atom. The zero-order valence-corrected chi connectivity index (χ0v) is 16.9. The highest BCUT2D eigenvalue weighted by Crippen LogP contribution is 2.25. The molecule has 0 saturated carbocycles. The standard InChI is InChI=1S/C17H18ClN5O2S2/c1-22(8-9-25-13-6-4-12(18)5-7-13)15(24)11-27-17-21-20-16(23(17)19)14-3-2-10-26-14/h2-7,10H,8-9,11,19H2,1H3. The molecule has 0 saturated heterocycles. The smallest absolute Gasteiger partial charge is 0.232 e. The van der Waals surface area contributed by atoms with Crippen molar-refractivity contribution >= 4 is 40.6 Å². The molecule has 0 radical (unpaired) electrons. The number of hydrogen-bond acceptors (Lipinski definition) is 7. The van der Waals surface area contributed by atoms with E-state index < -0.39 is 0 Å². The minimum atomic E-state index is -0.0413. The van der Waals surface area contributed by atoms with Crippen LogP contribution in [0.25, 0.3) is 10.7 Å². The van der Waals surface area contributed by atoms with Crippen molar-refractivity contribution in [2.45, 2.75) is 5.16 Å². The van der Waals surface area contributed by atoms with E-state index in [2.05, 4.69) is 10.2 Å². The molecule has 0 unspecified atom stereocenters. The first-order valence-electron chi connectivity index (χ1n) is 8.04. The second-order valence-electron chi connectivity index (χ2n) is 5.56. The Balaban J connectivity index is 1.45. The van der Waals surface area contributed by atoms with E-state index in [0.717, 1.165) is 4.88 Å². The molecule has 0 fully saturated rings. The number of carbonyl (C=O) groups excluding carboxylic acids is 1. The van der Waals surface area contributed by atoms with Crippen LogP contribution in [0.2, 0.25) is 5.02 Å². The normalized spacial score (nSPS) is 10.7. The highest BCUT2D eigenvalue weighted by molar-refractivity contribution is 7.99. The molecule has 2 N–H and O–H groups in total. The maximum Gasteiger partial charge on any atom is 0.232 e. The quantitative estimate of drug-likeness (QED) is 0.442. The van der Waals surface area contributed by atoms with E-state index in [0.29, 0.717) is 34.9 Å². The zero-order valence-electron chi connectivity index (χ0n) is 14.5. The van der Waals surface area contributed by atoms with Crippen LogP contribution in [0.1, 0.15) is 0 Å². The minimum absolute atomic E-state index is 0.0413. The minimum Gasteiger partial charge on any atom is -0.492 e. The first-order valence-corrected chi connectivity index (χ1v) is 10.3. The summed E-state index contributed by atoms with van der Waals surface area (Å²) in [5, 5.41) is 11.3. The van der Waals surface area contributed by atoms with Crippen LogP contribution in [-0.4, -0.2) is 51.6 Å². The summed E-state index contributed by atoms with van der Waals surface area (Å²) in [7, 11) is 1.73. The third kappa shape index (κ3) is 5.15. The van der Waals surface area contributed by atoms with Crippen molar-refractivity contribution in [1.29, 1.82) is 0 Å². The Hall–Kier alpha value is -2.23. The van der Waals surface area contributed by atoms with Crippen molar-refractivity contribution in [2.75, 3.05) is 31.8 Å². The monoisotopic (exact) mass is 423 g/mol. The van der Waals surface area contributed by atoms with Gasteiger partial charge in [-0.3, -0.25) is 4.79 Å². The summed E-state index contributed by atoms with van der Waals surface area (Å²) in [5.74, 6) is 7.52. The topological polar surface area (TPSA) is 86.3 Å². The lowest BCUT2D eigenvalue weighted by molar-refractivity contribution is -0.127. The first-order chi connectivity index (χ1) is 13.0. The second kappa shape index (κ2) is 9.12. The van der Waals surface area contributed by atoms with E-state index in [4.69, 9.17) is 22.2 Å². The summed E-state index contributed by atoms with van der Waals surface area (Å²) in [5.41, 5.74) is 0. The fourth-order valence-corrected chi connectivity index (χ4v) is 3.77. The molecule has 7 nitrogen and oxygen atoms in total. The second-order valence-corrected chi connectivity index (χ2v) is 7.89. The van der Waals surface area contributed by atoms with Crippen LogP contribution < -0.4 is 10.6 Å². The number of halogens is 1.